The second-order valence-electron chi connectivity index (χ2n) is 6.67. The summed E-state index contributed by atoms with van der Waals surface area (Å²) in [6.45, 7) is 5.63. The van der Waals surface area contributed by atoms with E-state index in [9.17, 15) is 13.2 Å². The van der Waals surface area contributed by atoms with E-state index >= 15 is 0 Å². The number of nitrogens with one attached hydrogen (secondary N) is 1. The van der Waals surface area contributed by atoms with Gasteiger partial charge in [-0.15, -0.1) is 0 Å². The van der Waals surface area contributed by atoms with Gasteiger partial charge in [-0.2, -0.15) is 0 Å². The number of rotatable bonds is 7. The van der Waals surface area contributed by atoms with E-state index in [1.54, 1.807) is 31.2 Å². The highest BCUT2D eigenvalue weighted by Crippen LogP contribution is 2.27. The van der Waals surface area contributed by atoms with Crippen LogP contribution in [0.15, 0.2) is 48.5 Å². The quantitative estimate of drug-likeness (QED) is 0.784. The number of benzene rings is 2. The summed E-state index contributed by atoms with van der Waals surface area (Å²) in [6, 6.07) is 13.2. The Bertz CT molecular complexity index is 910. The second-order valence-corrected chi connectivity index (χ2v) is 8.53. The van der Waals surface area contributed by atoms with E-state index in [1.165, 1.54) is 7.11 Å². The average molecular weight is 391 g/mol. The molecule has 27 heavy (non-hydrogen) atoms. The summed E-state index contributed by atoms with van der Waals surface area (Å²) in [5.41, 5.74) is 2.05. The van der Waals surface area contributed by atoms with Gasteiger partial charge in [0.15, 0.2) is 0 Å². The van der Waals surface area contributed by atoms with E-state index in [2.05, 4.69) is 5.32 Å². The van der Waals surface area contributed by atoms with Crippen LogP contribution in [0.1, 0.15) is 32.3 Å². The smallest absolute Gasteiger partial charge is 0.248 e. The standard InChI is InChI=1S/C20H26N2O4S/c1-14(2)18-11-6-7-12-19(18)21-20(23)15(3)22(27(5,24)25)16-9-8-10-17(13-16)26-4/h6-15H,1-5H3,(H,21,23)/t15-/m1/s1. The highest BCUT2D eigenvalue weighted by Gasteiger charge is 2.29. The minimum atomic E-state index is -3.69. The number of nitrogens with zero attached hydrogens (tertiary/aromatic N) is 1. The fourth-order valence-corrected chi connectivity index (χ4v) is 4.07. The van der Waals surface area contributed by atoms with Crippen molar-refractivity contribution in [2.75, 3.05) is 23.0 Å². The van der Waals surface area contributed by atoms with Gasteiger partial charge in [-0.25, -0.2) is 8.42 Å². The fourth-order valence-electron chi connectivity index (χ4n) is 2.91. The summed E-state index contributed by atoms with van der Waals surface area (Å²) < 4.78 is 31.1. The van der Waals surface area contributed by atoms with Crippen LogP contribution in [0.3, 0.4) is 0 Å². The van der Waals surface area contributed by atoms with Crippen molar-refractivity contribution in [3.8, 4) is 5.75 Å². The molecule has 0 aromatic heterocycles. The molecule has 0 spiro atoms. The predicted molar refractivity (Wildman–Crippen MR) is 109 cm³/mol. The van der Waals surface area contributed by atoms with Crippen molar-refractivity contribution in [1.82, 2.24) is 0 Å². The van der Waals surface area contributed by atoms with Crippen LogP contribution in [0.25, 0.3) is 0 Å². The Morgan fingerprint density at radius 1 is 1.07 bits per heavy atom. The molecule has 0 bridgehead atoms. The zero-order valence-electron chi connectivity index (χ0n) is 16.3. The second kappa shape index (κ2) is 8.43. The molecule has 2 aromatic rings. The number of sulfonamides is 1. The zero-order valence-corrected chi connectivity index (χ0v) is 17.1. The van der Waals surface area contributed by atoms with Crippen LogP contribution < -0.4 is 14.4 Å². The molecule has 7 heteroatoms. The van der Waals surface area contributed by atoms with Gasteiger partial charge in [0.2, 0.25) is 15.9 Å². The Hall–Kier alpha value is -2.54. The minimum absolute atomic E-state index is 0.223. The summed E-state index contributed by atoms with van der Waals surface area (Å²) in [4.78, 5) is 12.9. The lowest BCUT2D eigenvalue weighted by atomic mass is 10.0. The number of hydrogen-bond acceptors (Lipinski definition) is 4. The Morgan fingerprint density at radius 3 is 2.33 bits per heavy atom. The third kappa shape index (κ3) is 5.01. The number of ether oxygens (including phenoxy) is 1. The molecule has 0 aliphatic heterocycles. The Morgan fingerprint density at radius 2 is 1.74 bits per heavy atom. The highest BCUT2D eigenvalue weighted by atomic mass is 32.2. The number of hydrogen-bond donors (Lipinski definition) is 1. The van der Waals surface area contributed by atoms with Crippen molar-refractivity contribution in [1.29, 1.82) is 0 Å². The summed E-state index contributed by atoms with van der Waals surface area (Å²) in [6.07, 6.45) is 1.08. The Kier molecular flexibility index (Phi) is 6.49. The van der Waals surface area contributed by atoms with Crippen LogP contribution >= 0.6 is 0 Å². The molecular formula is C20H26N2O4S. The number of para-hydroxylation sites is 1. The lowest BCUT2D eigenvalue weighted by molar-refractivity contribution is -0.116. The Labute approximate surface area is 161 Å². The fraction of sp³-hybridized carbons (Fsp3) is 0.350. The van der Waals surface area contributed by atoms with Gasteiger partial charge in [-0.1, -0.05) is 38.1 Å². The highest BCUT2D eigenvalue weighted by molar-refractivity contribution is 7.92. The molecular weight excluding hydrogens is 364 g/mol. The number of anilines is 2. The molecule has 0 heterocycles. The first kappa shape index (κ1) is 20.8. The molecule has 1 N–H and O–H groups in total. The van der Waals surface area contributed by atoms with Gasteiger partial charge in [0, 0.05) is 11.8 Å². The van der Waals surface area contributed by atoms with Crippen LogP contribution in [-0.4, -0.2) is 33.7 Å². The third-order valence-corrected chi connectivity index (χ3v) is 5.48. The van der Waals surface area contributed by atoms with E-state index in [4.69, 9.17) is 4.74 Å². The molecule has 0 radical (unpaired) electrons. The molecule has 0 saturated heterocycles. The summed E-state index contributed by atoms with van der Waals surface area (Å²) in [5.74, 6) is 0.330. The molecule has 0 unspecified atom stereocenters. The Balaban J connectivity index is 2.36. The normalized spacial score (nSPS) is 12.5. The van der Waals surface area contributed by atoms with Crippen molar-refractivity contribution in [3.05, 3.63) is 54.1 Å². The molecule has 6 nitrogen and oxygen atoms in total. The summed E-state index contributed by atoms with van der Waals surface area (Å²) in [5, 5.41) is 2.87. The molecule has 146 valence electrons. The van der Waals surface area contributed by atoms with Gasteiger partial charge >= 0.3 is 0 Å². The topological polar surface area (TPSA) is 75.7 Å². The predicted octanol–water partition coefficient (Wildman–Crippen LogP) is 3.61. The molecule has 0 aliphatic carbocycles. The van der Waals surface area contributed by atoms with E-state index < -0.39 is 22.0 Å². The van der Waals surface area contributed by atoms with Crippen LogP contribution in [0, 0.1) is 0 Å². The van der Waals surface area contributed by atoms with E-state index in [0.29, 0.717) is 17.1 Å². The molecule has 0 aliphatic rings. The van der Waals surface area contributed by atoms with E-state index in [-0.39, 0.29) is 5.92 Å². The van der Waals surface area contributed by atoms with Crippen molar-refractivity contribution in [3.63, 3.8) is 0 Å². The maximum atomic E-state index is 12.9. The first-order chi connectivity index (χ1) is 12.6. The first-order valence-electron chi connectivity index (χ1n) is 8.68. The van der Waals surface area contributed by atoms with Gasteiger partial charge in [0.05, 0.1) is 19.1 Å². The molecule has 0 saturated carbocycles. The van der Waals surface area contributed by atoms with Gasteiger partial charge in [0.1, 0.15) is 11.8 Å². The SMILES string of the molecule is COc1cccc(N([C@H](C)C(=O)Nc2ccccc2C(C)C)S(C)(=O)=O)c1. The molecule has 2 aromatic carbocycles. The number of amides is 1. The lowest BCUT2D eigenvalue weighted by Gasteiger charge is -2.28. The maximum Gasteiger partial charge on any atom is 0.248 e. The lowest BCUT2D eigenvalue weighted by Crippen LogP contribution is -2.45. The van der Waals surface area contributed by atoms with Crippen molar-refractivity contribution >= 4 is 27.3 Å². The van der Waals surface area contributed by atoms with E-state index in [0.717, 1.165) is 16.1 Å². The van der Waals surface area contributed by atoms with E-state index in [1.807, 2.05) is 38.1 Å². The average Bonchev–Trinajstić information content (AvgIpc) is 2.61. The van der Waals surface area contributed by atoms with Crippen molar-refractivity contribution < 1.29 is 17.9 Å². The summed E-state index contributed by atoms with van der Waals surface area (Å²) >= 11 is 0. The van der Waals surface area contributed by atoms with Crippen molar-refractivity contribution in [2.45, 2.75) is 32.7 Å². The molecule has 1 amide bonds. The number of methoxy groups -OCH3 is 1. The molecule has 1 atom stereocenters. The van der Waals surface area contributed by atoms with Crippen LogP contribution in [0.5, 0.6) is 5.75 Å². The number of carbonyl (C=O) groups is 1. The van der Waals surface area contributed by atoms with Crippen LogP contribution in [-0.2, 0) is 14.8 Å². The van der Waals surface area contributed by atoms with Gasteiger partial charge in [-0.3, -0.25) is 9.10 Å². The largest absolute Gasteiger partial charge is 0.497 e. The maximum absolute atomic E-state index is 12.9. The number of carbonyl (C=O) groups excluding carboxylic acids is 1. The van der Waals surface area contributed by atoms with Crippen LogP contribution in [0.2, 0.25) is 0 Å². The van der Waals surface area contributed by atoms with Crippen LogP contribution in [0.4, 0.5) is 11.4 Å². The molecule has 2 rings (SSSR count). The monoisotopic (exact) mass is 390 g/mol. The van der Waals surface area contributed by atoms with Gasteiger partial charge < -0.3 is 10.1 Å². The van der Waals surface area contributed by atoms with Gasteiger partial charge in [0.25, 0.3) is 0 Å². The first-order valence-corrected chi connectivity index (χ1v) is 10.5. The zero-order chi connectivity index (χ0) is 20.2. The minimum Gasteiger partial charge on any atom is -0.497 e. The summed E-state index contributed by atoms with van der Waals surface area (Å²) in [7, 11) is -2.19. The van der Waals surface area contributed by atoms with Gasteiger partial charge in [-0.05, 0) is 36.6 Å². The third-order valence-electron chi connectivity index (χ3n) is 4.24. The molecule has 0 fully saturated rings. The van der Waals surface area contributed by atoms with Crippen molar-refractivity contribution in [2.24, 2.45) is 0 Å².